The van der Waals surface area contributed by atoms with E-state index in [1.54, 1.807) is 18.2 Å². The van der Waals surface area contributed by atoms with Crippen molar-refractivity contribution >= 4 is 35.0 Å². The maximum absolute atomic E-state index is 13.0. The van der Waals surface area contributed by atoms with E-state index < -0.39 is 17.6 Å². The quantitative estimate of drug-likeness (QED) is 0.613. The molecule has 0 unspecified atom stereocenters. The highest BCUT2D eigenvalue weighted by Gasteiger charge is 2.35. The second-order valence-corrected chi connectivity index (χ2v) is 6.17. The lowest BCUT2D eigenvalue weighted by Crippen LogP contribution is -2.30. The lowest BCUT2D eigenvalue weighted by Gasteiger charge is -2.16. The molecule has 0 aromatic heterocycles. The number of hydrogen-bond donors (Lipinski definition) is 1. The molecule has 0 spiro atoms. The number of anilines is 1. The highest BCUT2D eigenvalue weighted by Crippen LogP contribution is 2.33. The van der Waals surface area contributed by atoms with Crippen LogP contribution in [0.1, 0.15) is 11.1 Å². The summed E-state index contributed by atoms with van der Waals surface area (Å²) in [5, 5.41) is 2.73. The Labute approximate surface area is 164 Å². The van der Waals surface area contributed by atoms with E-state index in [9.17, 15) is 18.0 Å². The van der Waals surface area contributed by atoms with E-state index in [0.717, 1.165) is 17.0 Å². The zero-order chi connectivity index (χ0) is 20.5. The van der Waals surface area contributed by atoms with Gasteiger partial charge in [0.25, 0.3) is 5.91 Å². The third kappa shape index (κ3) is 3.79. The molecule has 0 aliphatic carbocycles. The van der Waals surface area contributed by atoms with Crippen LogP contribution in [0.3, 0.4) is 0 Å². The molecule has 1 aliphatic heterocycles. The number of hydrogen-bond acceptors (Lipinski definition) is 4. The molecule has 5 nitrogen and oxygen atoms in total. The molecular formula is C19H15F3N2O3S. The molecule has 1 saturated heterocycles. The summed E-state index contributed by atoms with van der Waals surface area (Å²) in [5.74, 6) is 0.470. The van der Waals surface area contributed by atoms with Gasteiger partial charge in [0.05, 0.1) is 25.5 Å². The molecule has 0 atom stereocenters. The van der Waals surface area contributed by atoms with Crippen LogP contribution in [0.25, 0.3) is 6.08 Å². The molecule has 28 heavy (non-hydrogen) atoms. The summed E-state index contributed by atoms with van der Waals surface area (Å²) in [4.78, 5) is 13.8. The predicted molar refractivity (Wildman–Crippen MR) is 102 cm³/mol. The summed E-state index contributed by atoms with van der Waals surface area (Å²) in [6.45, 7) is 0. The molecule has 2 aromatic rings. The number of rotatable bonds is 4. The molecule has 9 heteroatoms. The monoisotopic (exact) mass is 408 g/mol. The normalized spacial score (nSPS) is 15.8. The molecule has 1 aliphatic rings. The number of nitrogens with zero attached hydrogens (tertiary/aromatic N) is 1. The first-order valence-electron chi connectivity index (χ1n) is 8.01. The van der Waals surface area contributed by atoms with Gasteiger partial charge in [0.15, 0.2) is 5.11 Å². The van der Waals surface area contributed by atoms with Gasteiger partial charge in [0.1, 0.15) is 17.2 Å². The van der Waals surface area contributed by atoms with Crippen molar-refractivity contribution in [1.29, 1.82) is 0 Å². The number of benzene rings is 2. The third-order valence-corrected chi connectivity index (χ3v) is 4.33. The molecule has 0 saturated carbocycles. The van der Waals surface area contributed by atoms with Crippen LogP contribution in [-0.4, -0.2) is 25.2 Å². The maximum atomic E-state index is 13.0. The molecule has 2 aromatic carbocycles. The fraction of sp³-hybridized carbons (Fsp3) is 0.158. The first kappa shape index (κ1) is 19.7. The van der Waals surface area contributed by atoms with Gasteiger partial charge in [-0.05, 0) is 48.6 Å². The molecule has 0 bridgehead atoms. The number of ether oxygens (including phenoxy) is 2. The van der Waals surface area contributed by atoms with Crippen molar-refractivity contribution < 1.29 is 27.4 Å². The van der Waals surface area contributed by atoms with Crippen LogP contribution in [-0.2, 0) is 11.0 Å². The molecule has 1 amide bonds. The Hall–Kier alpha value is -3.07. The molecule has 1 N–H and O–H groups in total. The average molecular weight is 408 g/mol. The second-order valence-electron chi connectivity index (χ2n) is 5.78. The fourth-order valence-corrected chi connectivity index (χ4v) is 2.98. The Morgan fingerprint density at radius 1 is 1.11 bits per heavy atom. The van der Waals surface area contributed by atoms with Crippen LogP contribution in [0.4, 0.5) is 18.9 Å². The minimum absolute atomic E-state index is 0.0111. The summed E-state index contributed by atoms with van der Waals surface area (Å²) in [5.41, 5.74) is -0.143. The molecule has 1 fully saturated rings. The Bertz CT molecular complexity index is 973. The van der Waals surface area contributed by atoms with E-state index in [1.807, 2.05) is 0 Å². The van der Waals surface area contributed by atoms with E-state index in [1.165, 1.54) is 32.4 Å². The topological polar surface area (TPSA) is 50.8 Å². The minimum Gasteiger partial charge on any atom is -0.497 e. The number of carbonyl (C=O) groups excluding carboxylic acids is 1. The minimum atomic E-state index is -4.52. The Morgan fingerprint density at radius 3 is 2.50 bits per heavy atom. The molecule has 146 valence electrons. The van der Waals surface area contributed by atoms with Gasteiger partial charge in [-0.25, -0.2) is 0 Å². The van der Waals surface area contributed by atoms with Gasteiger partial charge < -0.3 is 14.8 Å². The van der Waals surface area contributed by atoms with Crippen molar-refractivity contribution in [3.8, 4) is 11.5 Å². The zero-order valence-corrected chi connectivity index (χ0v) is 15.6. The van der Waals surface area contributed by atoms with Crippen LogP contribution in [0.15, 0.2) is 48.2 Å². The van der Waals surface area contributed by atoms with Crippen molar-refractivity contribution in [2.75, 3.05) is 19.1 Å². The Balaban J connectivity index is 1.96. The number of thiocarbonyl (C=S) groups is 1. The van der Waals surface area contributed by atoms with Gasteiger partial charge in [-0.1, -0.05) is 6.07 Å². The standard InChI is InChI=1S/C19H15F3N2O3S/c1-26-14-7-6-11(16(10-14)27-2)8-15-17(25)24(18(28)23-15)13-5-3-4-12(9-13)19(20,21)22/h3-10H,1-2H3,(H,23,28)/b15-8+. The van der Waals surface area contributed by atoms with Gasteiger partial charge >= 0.3 is 6.18 Å². The number of carbonyl (C=O) groups is 1. The SMILES string of the molecule is COc1ccc(/C=C2/NC(=S)N(c3cccc(C(F)(F)F)c3)C2=O)c(OC)c1. The maximum Gasteiger partial charge on any atom is 0.416 e. The van der Waals surface area contributed by atoms with Gasteiger partial charge in [-0.2, -0.15) is 13.2 Å². The van der Waals surface area contributed by atoms with Crippen molar-refractivity contribution in [1.82, 2.24) is 5.32 Å². The number of nitrogens with one attached hydrogen (secondary N) is 1. The lowest BCUT2D eigenvalue weighted by molar-refractivity contribution is -0.137. The van der Waals surface area contributed by atoms with Crippen LogP contribution in [0, 0.1) is 0 Å². The van der Waals surface area contributed by atoms with Crippen LogP contribution in [0.2, 0.25) is 0 Å². The number of amides is 1. The Kier molecular flexibility index (Phi) is 5.28. The zero-order valence-electron chi connectivity index (χ0n) is 14.8. The summed E-state index contributed by atoms with van der Waals surface area (Å²) in [6, 6.07) is 9.45. The first-order chi connectivity index (χ1) is 13.2. The van der Waals surface area contributed by atoms with Crippen molar-refractivity contribution in [3.05, 3.63) is 59.3 Å². The van der Waals surface area contributed by atoms with Gasteiger partial charge in [0.2, 0.25) is 0 Å². The molecule has 3 rings (SSSR count). The van der Waals surface area contributed by atoms with Gasteiger partial charge in [-0.3, -0.25) is 9.69 Å². The summed E-state index contributed by atoms with van der Waals surface area (Å²) >= 11 is 5.15. The van der Waals surface area contributed by atoms with Gasteiger partial charge in [-0.15, -0.1) is 0 Å². The molecule has 0 radical (unpaired) electrons. The summed E-state index contributed by atoms with van der Waals surface area (Å²) in [6.07, 6.45) is -3.01. The largest absolute Gasteiger partial charge is 0.497 e. The lowest BCUT2D eigenvalue weighted by atomic mass is 10.1. The molecular weight excluding hydrogens is 393 g/mol. The van der Waals surface area contributed by atoms with E-state index in [0.29, 0.717) is 17.1 Å². The van der Waals surface area contributed by atoms with Crippen molar-refractivity contribution in [2.45, 2.75) is 6.18 Å². The predicted octanol–water partition coefficient (Wildman–Crippen LogP) is 3.98. The van der Waals surface area contributed by atoms with Gasteiger partial charge in [0, 0.05) is 11.6 Å². The Morgan fingerprint density at radius 2 is 1.86 bits per heavy atom. The summed E-state index contributed by atoms with van der Waals surface area (Å²) < 4.78 is 49.3. The van der Waals surface area contributed by atoms with E-state index in [-0.39, 0.29) is 16.5 Å². The average Bonchev–Trinajstić information content (AvgIpc) is 2.94. The van der Waals surface area contributed by atoms with Crippen molar-refractivity contribution in [2.24, 2.45) is 0 Å². The highest BCUT2D eigenvalue weighted by atomic mass is 32.1. The number of alkyl halides is 3. The van der Waals surface area contributed by atoms with E-state index >= 15 is 0 Å². The molecule has 1 heterocycles. The van der Waals surface area contributed by atoms with Crippen LogP contribution in [0.5, 0.6) is 11.5 Å². The third-order valence-electron chi connectivity index (χ3n) is 4.05. The summed E-state index contributed by atoms with van der Waals surface area (Å²) in [7, 11) is 2.99. The fourth-order valence-electron chi connectivity index (χ4n) is 2.68. The second kappa shape index (κ2) is 7.51. The van der Waals surface area contributed by atoms with Crippen LogP contribution < -0.4 is 19.7 Å². The number of halogens is 3. The smallest absolute Gasteiger partial charge is 0.416 e. The van der Waals surface area contributed by atoms with E-state index in [4.69, 9.17) is 21.7 Å². The van der Waals surface area contributed by atoms with Crippen molar-refractivity contribution in [3.63, 3.8) is 0 Å². The van der Waals surface area contributed by atoms with Crippen LogP contribution >= 0.6 is 12.2 Å². The highest BCUT2D eigenvalue weighted by molar-refractivity contribution is 7.80. The number of methoxy groups -OCH3 is 2. The van der Waals surface area contributed by atoms with E-state index in [2.05, 4.69) is 5.32 Å². The first-order valence-corrected chi connectivity index (χ1v) is 8.42.